The van der Waals surface area contributed by atoms with Crippen molar-refractivity contribution in [1.29, 1.82) is 0 Å². The van der Waals surface area contributed by atoms with E-state index in [-0.39, 0.29) is 24.0 Å². The Balaban J connectivity index is 0.00000420. The summed E-state index contributed by atoms with van der Waals surface area (Å²) in [5.41, 5.74) is 3.45. The summed E-state index contributed by atoms with van der Waals surface area (Å²) >= 11 is 0. The largest absolute Gasteiger partial charge is 0.496 e. The third-order valence-electron chi connectivity index (χ3n) is 4.39. The van der Waals surface area contributed by atoms with Gasteiger partial charge < -0.3 is 24.8 Å². The Kier molecular flexibility index (Phi) is 11.3. The average Bonchev–Trinajstić information content (AvgIpc) is 2.72. The molecule has 7 heteroatoms. The summed E-state index contributed by atoms with van der Waals surface area (Å²) in [6.07, 6.45) is 0.883. The molecule has 0 spiro atoms. The molecule has 0 unspecified atom stereocenters. The summed E-state index contributed by atoms with van der Waals surface area (Å²) in [6.45, 7) is 6.02. The molecule has 0 radical (unpaired) electrons. The van der Waals surface area contributed by atoms with Gasteiger partial charge in [-0.3, -0.25) is 4.99 Å². The van der Waals surface area contributed by atoms with Crippen LogP contribution in [0.5, 0.6) is 17.2 Å². The monoisotopic (exact) mass is 513 g/mol. The van der Waals surface area contributed by atoms with Crippen LogP contribution in [0.3, 0.4) is 0 Å². The maximum Gasteiger partial charge on any atom is 0.191 e. The standard InChI is InChI=1S/C22H31N3O3.HI/c1-6-28-19-10-9-18(14-21(19)27-5)15-25-22(23-3)24-12-11-17-8-7-16(2)20(13-17)26-4;/h7-10,13-14H,6,11-12,15H2,1-5H3,(H2,23,24,25);1H. The highest BCUT2D eigenvalue weighted by Crippen LogP contribution is 2.27. The van der Waals surface area contributed by atoms with Crippen molar-refractivity contribution in [2.24, 2.45) is 4.99 Å². The maximum absolute atomic E-state index is 5.56. The van der Waals surface area contributed by atoms with E-state index in [0.717, 1.165) is 47.3 Å². The number of aliphatic imine (C=N–C) groups is 1. The molecule has 160 valence electrons. The molecule has 6 nitrogen and oxygen atoms in total. The molecular formula is C22H32IN3O3. The van der Waals surface area contributed by atoms with Crippen LogP contribution < -0.4 is 24.8 Å². The molecule has 2 aromatic rings. The van der Waals surface area contributed by atoms with Crippen LogP contribution in [0.25, 0.3) is 0 Å². The van der Waals surface area contributed by atoms with Crippen LogP contribution in [0, 0.1) is 6.92 Å². The fourth-order valence-corrected chi connectivity index (χ4v) is 2.85. The minimum absolute atomic E-state index is 0. The number of nitrogens with zero attached hydrogens (tertiary/aromatic N) is 1. The van der Waals surface area contributed by atoms with Crippen molar-refractivity contribution in [3.05, 3.63) is 53.1 Å². The van der Waals surface area contributed by atoms with E-state index in [1.165, 1.54) is 5.56 Å². The van der Waals surface area contributed by atoms with Crippen molar-refractivity contribution >= 4 is 29.9 Å². The van der Waals surface area contributed by atoms with E-state index in [0.29, 0.717) is 13.2 Å². The van der Waals surface area contributed by atoms with Crippen LogP contribution in [0.4, 0.5) is 0 Å². The summed E-state index contributed by atoms with van der Waals surface area (Å²) in [5.74, 6) is 3.17. The maximum atomic E-state index is 5.56. The van der Waals surface area contributed by atoms with Gasteiger partial charge in [0.25, 0.3) is 0 Å². The number of guanidine groups is 1. The lowest BCUT2D eigenvalue weighted by Gasteiger charge is -2.14. The number of nitrogens with one attached hydrogen (secondary N) is 2. The molecule has 0 aliphatic carbocycles. The van der Waals surface area contributed by atoms with Gasteiger partial charge in [0.1, 0.15) is 5.75 Å². The van der Waals surface area contributed by atoms with Gasteiger partial charge in [-0.2, -0.15) is 0 Å². The number of hydrogen-bond donors (Lipinski definition) is 2. The van der Waals surface area contributed by atoms with Crippen molar-refractivity contribution in [2.45, 2.75) is 26.8 Å². The molecule has 2 rings (SSSR count). The van der Waals surface area contributed by atoms with Crippen molar-refractivity contribution in [3.8, 4) is 17.2 Å². The first-order valence-corrected chi connectivity index (χ1v) is 9.49. The highest BCUT2D eigenvalue weighted by Gasteiger charge is 2.06. The lowest BCUT2D eigenvalue weighted by Crippen LogP contribution is -2.37. The van der Waals surface area contributed by atoms with E-state index in [2.05, 4.69) is 33.8 Å². The molecule has 0 fully saturated rings. The number of benzene rings is 2. The fourth-order valence-electron chi connectivity index (χ4n) is 2.85. The fraction of sp³-hybridized carbons (Fsp3) is 0.409. The average molecular weight is 513 g/mol. The molecule has 0 amide bonds. The second-order valence-corrected chi connectivity index (χ2v) is 6.32. The lowest BCUT2D eigenvalue weighted by atomic mass is 10.1. The van der Waals surface area contributed by atoms with E-state index in [9.17, 15) is 0 Å². The van der Waals surface area contributed by atoms with Crippen LogP contribution >= 0.6 is 24.0 Å². The van der Waals surface area contributed by atoms with E-state index < -0.39 is 0 Å². The highest BCUT2D eigenvalue weighted by atomic mass is 127. The Hall–Kier alpha value is -2.16. The Morgan fingerprint density at radius 2 is 1.62 bits per heavy atom. The van der Waals surface area contributed by atoms with Crippen molar-refractivity contribution in [1.82, 2.24) is 10.6 Å². The first-order valence-electron chi connectivity index (χ1n) is 9.49. The molecule has 2 aromatic carbocycles. The quantitative estimate of drug-likeness (QED) is 0.302. The minimum atomic E-state index is 0. The zero-order valence-corrected chi connectivity index (χ0v) is 20.2. The molecule has 2 N–H and O–H groups in total. The van der Waals surface area contributed by atoms with Gasteiger partial charge in [-0.05, 0) is 55.2 Å². The third kappa shape index (κ3) is 7.64. The molecule has 0 bridgehead atoms. The molecule has 0 aromatic heterocycles. The van der Waals surface area contributed by atoms with Crippen LogP contribution in [0.15, 0.2) is 41.4 Å². The van der Waals surface area contributed by atoms with Crippen molar-refractivity contribution < 1.29 is 14.2 Å². The summed E-state index contributed by atoms with van der Waals surface area (Å²) in [4.78, 5) is 4.29. The van der Waals surface area contributed by atoms with Crippen molar-refractivity contribution in [2.75, 3.05) is 34.4 Å². The van der Waals surface area contributed by atoms with Gasteiger partial charge in [0.05, 0.1) is 20.8 Å². The van der Waals surface area contributed by atoms with Crippen LogP contribution in [0.1, 0.15) is 23.6 Å². The van der Waals surface area contributed by atoms with Gasteiger partial charge in [-0.15, -0.1) is 24.0 Å². The normalized spacial score (nSPS) is 10.7. The summed E-state index contributed by atoms with van der Waals surface area (Å²) in [6, 6.07) is 12.2. The van der Waals surface area contributed by atoms with Gasteiger partial charge in [0.2, 0.25) is 0 Å². The number of halogens is 1. The molecule has 0 aliphatic heterocycles. The Morgan fingerprint density at radius 3 is 2.28 bits per heavy atom. The van der Waals surface area contributed by atoms with Crippen molar-refractivity contribution in [3.63, 3.8) is 0 Å². The molecule has 0 atom stereocenters. The Bertz CT molecular complexity index is 797. The molecular weight excluding hydrogens is 481 g/mol. The second-order valence-electron chi connectivity index (χ2n) is 6.32. The lowest BCUT2D eigenvalue weighted by molar-refractivity contribution is 0.310. The van der Waals surface area contributed by atoms with Gasteiger partial charge in [0, 0.05) is 20.1 Å². The van der Waals surface area contributed by atoms with E-state index in [1.807, 2.05) is 32.0 Å². The SMILES string of the molecule is CCOc1ccc(CNC(=NC)NCCc2ccc(C)c(OC)c2)cc1OC.I. The molecule has 0 saturated heterocycles. The smallest absolute Gasteiger partial charge is 0.191 e. The predicted molar refractivity (Wildman–Crippen MR) is 129 cm³/mol. The van der Waals surface area contributed by atoms with Gasteiger partial charge in [0.15, 0.2) is 17.5 Å². The second kappa shape index (κ2) is 13.1. The van der Waals surface area contributed by atoms with Crippen LogP contribution in [0.2, 0.25) is 0 Å². The molecule has 29 heavy (non-hydrogen) atoms. The van der Waals surface area contributed by atoms with E-state index in [1.54, 1.807) is 21.3 Å². The number of aryl methyl sites for hydroxylation is 1. The topological polar surface area (TPSA) is 64.1 Å². The van der Waals surface area contributed by atoms with Gasteiger partial charge in [-0.1, -0.05) is 18.2 Å². The first kappa shape index (κ1) is 24.9. The Labute approximate surface area is 191 Å². The number of hydrogen-bond acceptors (Lipinski definition) is 4. The zero-order valence-electron chi connectivity index (χ0n) is 17.9. The van der Waals surface area contributed by atoms with E-state index >= 15 is 0 Å². The number of rotatable bonds is 9. The van der Waals surface area contributed by atoms with E-state index in [4.69, 9.17) is 14.2 Å². The number of ether oxygens (including phenoxy) is 3. The zero-order chi connectivity index (χ0) is 20.4. The third-order valence-corrected chi connectivity index (χ3v) is 4.39. The van der Waals surface area contributed by atoms with Crippen LogP contribution in [-0.4, -0.2) is 40.4 Å². The van der Waals surface area contributed by atoms with Gasteiger partial charge in [-0.25, -0.2) is 0 Å². The Morgan fingerprint density at radius 1 is 0.931 bits per heavy atom. The summed E-state index contributed by atoms with van der Waals surface area (Å²) in [5, 5.41) is 6.67. The highest BCUT2D eigenvalue weighted by molar-refractivity contribution is 14.0. The molecule has 0 aliphatic rings. The number of methoxy groups -OCH3 is 2. The summed E-state index contributed by atoms with van der Waals surface area (Å²) in [7, 11) is 5.12. The first-order chi connectivity index (χ1) is 13.6. The predicted octanol–water partition coefficient (Wildman–Crippen LogP) is 3.94. The molecule has 0 heterocycles. The summed E-state index contributed by atoms with van der Waals surface area (Å²) < 4.78 is 16.4. The molecule has 0 saturated carbocycles. The minimum Gasteiger partial charge on any atom is -0.496 e. The van der Waals surface area contributed by atoms with Crippen LogP contribution in [-0.2, 0) is 13.0 Å². The van der Waals surface area contributed by atoms with Gasteiger partial charge >= 0.3 is 0 Å².